The molecule has 1 aromatic heterocycles. The number of hydrogen-bond donors (Lipinski definition) is 1. The van der Waals surface area contributed by atoms with Gasteiger partial charge in [0.2, 0.25) is 0 Å². The molecule has 2 aromatic carbocycles. The van der Waals surface area contributed by atoms with Gasteiger partial charge >= 0.3 is 5.97 Å². The molecule has 0 aliphatic carbocycles. The van der Waals surface area contributed by atoms with Gasteiger partial charge in [0.05, 0.1) is 5.69 Å². The van der Waals surface area contributed by atoms with Crippen molar-refractivity contribution in [3.63, 3.8) is 0 Å². The molecule has 1 N–H and O–H groups in total. The molecule has 4 rings (SSSR count). The van der Waals surface area contributed by atoms with E-state index in [9.17, 15) is 14.4 Å². The summed E-state index contributed by atoms with van der Waals surface area (Å²) in [6, 6.07) is 17.1. The molecule has 1 fully saturated rings. The van der Waals surface area contributed by atoms with Crippen LogP contribution in [-0.4, -0.2) is 17.8 Å². The van der Waals surface area contributed by atoms with Crippen LogP contribution in [-0.2, 0) is 9.59 Å². The third-order valence-electron chi connectivity index (χ3n) is 4.10. The third-order valence-corrected chi connectivity index (χ3v) is 5.48. The van der Waals surface area contributed by atoms with Gasteiger partial charge in [0.15, 0.2) is 0 Å². The number of nitrogens with zero attached hydrogens (tertiary/aromatic N) is 1. The molecule has 0 atom stereocenters. The van der Waals surface area contributed by atoms with E-state index in [0.29, 0.717) is 21.9 Å². The summed E-state index contributed by atoms with van der Waals surface area (Å²) in [6.07, 6.45) is 1.50. The highest BCUT2D eigenvalue weighted by atomic mass is 79.9. The van der Waals surface area contributed by atoms with E-state index in [1.54, 1.807) is 66.0 Å². The lowest BCUT2D eigenvalue weighted by atomic mass is 10.1. The predicted molar refractivity (Wildman–Crippen MR) is 113 cm³/mol. The molecule has 8 heteroatoms. The van der Waals surface area contributed by atoms with Gasteiger partial charge in [0, 0.05) is 4.47 Å². The van der Waals surface area contributed by atoms with Crippen LogP contribution in [0.2, 0.25) is 0 Å². The summed E-state index contributed by atoms with van der Waals surface area (Å²) < 4.78 is 6.17. The molecule has 0 spiro atoms. The molecule has 0 unspecified atom stereocenters. The second-order valence-corrected chi connectivity index (χ2v) is 7.92. The van der Waals surface area contributed by atoms with Gasteiger partial charge in [0.1, 0.15) is 16.2 Å². The zero-order valence-corrected chi connectivity index (χ0v) is 17.2. The molecule has 144 valence electrons. The Morgan fingerprint density at radius 1 is 1.03 bits per heavy atom. The van der Waals surface area contributed by atoms with Crippen molar-refractivity contribution < 1.29 is 19.1 Å². The predicted octanol–water partition coefficient (Wildman–Crippen LogP) is 4.19. The fourth-order valence-electron chi connectivity index (χ4n) is 2.68. The lowest BCUT2D eigenvalue weighted by Gasteiger charge is -2.14. The van der Waals surface area contributed by atoms with Gasteiger partial charge in [-0.15, -0.1) is 11.3 Å². The van der Waals surface area contributed by atoms with Crippen molar-refractivity contribution in [2.45, 2.75) is 0 Å². The fraction of sp³-hybridized carbons (Fsp3) is 0. The second-order valence-electron chi connectivity index (χ2n) is 6.05. The van der Waals surface area contributed by atoms with E-state index in [-0.39, 0.29) is 5.57 Å². The van der Waals surface area contributed by atoms with E-state index < -0.39 is 17.8 Å². The standard InChI is InChI=1S/C21H13BrN2O4S/c22-14-5-7-15(8-6-14)24-20(26)17(19(25)23-24)12-13-3-9-16(10-4-13)28-21(27)18-2-1-11-29-18/h1-12H,(H,23,25)/b17-12-. The first-order chi connectivity index (χ1) is 14.0. The first-order valence-corrected chi connectivity index (χ1v) is 10.2. The number of amides is 2. The highest BCUT2D eigenvalue weighted by Crippen LogP contribution is 2.24. The maximum absolute atomic E-state index is 12.6. The van der Waals surface area contributed by atoms with Gasteiger partial charge in [-0.2, -0.15) is 0 Å². The number of benzene rings is 2. The largest absolute Gasteiger partial charge is 0.422 e. The van der Waals surface area contributed by atoms with E-state index in [1.165, 1.54) is 22.4 Å². The van der Waals surface area contributed by atoms with Crippen molar-refractivity contribution in [1.29, 1.82) is 0 Å². The van der Waals surface area contributed by atoms with E-state index in [2.05, 4.69) is 21.4 Å². The number of nitrogens with one attached hydrogen (secondary N) is 1. The summed E-state index contributed by atoms with van der Waals surface area (Å²) in [7, 11) is 0. The molecule has 2 heterocycles. The molecule has 3 aromatic rings. The van der Waals surface area contributed by atoms with Crippen LogP contribution < -0.4 is 15.2 Å². The van der Waals surface area contributed by atoms with Crippen LogP contribution in [0.25, 0.3) is 6.08 Å². The van der Waals surface area contributed by atoms with Crippen molar-refractivity contribution in [1.82, 2.24) is 5.43 Å². The summed E-state index contributed by atoms with van der Waals surface area (Å²) in [4.78, 5) is 37.4. The highest BCUT2D eigenvalue weighted by molar-refractivity contribution is 9.10. The Balaban J connectivity index is 1.50. The van der Waals surface area contributed by atoms with Gasteiger partial charge < -0.3 is 4.74 Å². The molecule has 1 saturated heterocycles. The number of carbonyl (C=O) groups is 3. The average molecular weight is 469 g/mol. The molecule has 29 heavy (non-hydrogen) atoms. The van der Waals surface area contributed by atoms with Crippen LogP contribution >= 0.6 is 27.3 Å². The van der Waals surface area contributed by atoms with E-state index >= 15 is 0 Å². The van der Waals surface area contributed by atoms with Crippen LogP contribution in [0.15, 0.2) is 76.1 Å². The summed E-state index contributed by atoms with van der Waals surface area (Å²) >= 11 is 4.64. The minimum Gasteiger partial charge on any atom is -0.422 e. The Labute approximate surface area is 178 Å². The Kier molecular flexibility index (Phi) is 5.28. The first-order valence-electron chi connectivity index (χ1n) is 8.50. The SMILES string of the molecule is O=C1NN(c2ccc(Br)cc2)C(=O)/C1=C\c1ccc(OC(=O)c2cccs2)cc1. The topological polar surface area (TPSA) is 75.7 Å². The minimum atomic E-state index is -0.480. The average Bonchev–Trinajstić information content (AvgIpc) is 3.35. The number of halogens is 1. The lowest BCUT2D eigenvalue weighted by Crippen LogP contribution is -2.35. The number of thiophene rings is 1. The van der Waals surface area contributed by atoms with E-state index in [4.69, 9.17) is 4.74 Å². The summed E-state index contributed by atoms with van der Waals surface area (Å²) in [6.45, 7) is 0. The number of esters is 1. The van der Waals surface area contributed by atoms with Gasteiger partial charge in [-0.05, 0) is 59.5 Å². The van der Waals surface area contributed by atoms with Gasteiger partial charge in [-0.1, -0.05) is 34.1 Å². The zero-order chi connectivity index (χ0) is 20.4. The third kappa shape index (κ3) is 4.13. The molecule has 1 aliphatic rings. The molecule has 0 bridgehead atoms. The van der Waals surface area contributed by atoms with Crippen LogP contribution in [0.3, 0.4) is 0 Å². The molecule has 1 aliphatic heterocycles. The Bertz CT molecular complexity index is 1110. The van der Waals surface area contributed by atoms with Crippen LogP contribution in [0, 0.1) is 0 Å². The lowest BCUT2D eigenvalue weighted by molar-refractivity contribution is -0.117. The summed E-state index contributed by atoms with van der Waals surface area (Å²) in [5, 5.41) is 3.00. The van der Waals surface area contributed by atoms with Crippen LogP contribution in [0.1, 0.15) is 15.2 Å². The van der Waals surface area contributed by atoms with Gasteiger partial charge in [-0.25, -0.2) is 9.80 Å². The number of hydrazine groups is 1. The summed E-state index contributed by atoms with van der Waals surface area (Å²) in [5.74, 6) is -0.970. The number of ether oxygens (including phenoxy) is 1. The van der Waals surface area contributed by atoms with Crippen LogP contribution in [0.5, 0.6) is 5.75 Å². The first kappa shape index (κ1) is 19.1. The van der Waals surface area contributed by atoms with Crippen molar-refractivity contribution in [2.24, 2.45) is 0 Å². The molecule has 6 nitrogen and oxygen atoms in total. The smallest absolute Gasteiger partial charge is 0.353 e. The van der Waals surface area contributed by atoms with Crippen molar-refractivity contribution in [3.8, 4) is 5.75 Å². The number of anilines is 1. The molecular formula is C21H13BrN2O4S. The number of rotatable bonds is 4. The monoisotopic (exact) mass is 468 g/mol. The minimum absolute atomic E-state index is 0.0243. The maximum Gasteiger partial charge on any atom is 0.353 e. The number of hydrogen-bond acceptors (Lipinski definition) is 5. The van der Waals surface area contributed by atoms with Crippen LogP contribution in [0.4, 0.5) is 5.69 Å². The van der Waals surface area contributed by atoms with E-state index in [1.807, 2.05) is 0 Å². The Morgan fingerprint density at radius 2 is 1.76 bits per heavy atom. The molecule has 0 radical (unpaired) electrons. The van der Waals surface area contributed by atoms with Crippen molar-refractivity contribution >= 4 is 56.8 Å². The fourth-order valence-corrected chi connectivity index (χ4v) is 3.54. The van der Waals surface area contributed by atoms with Crippen molar-refractivity contribution in [3.05, 3.63) is 86.5 Å². The zero-order valence-electron chi connectivity index (χ0n) is 14.8. The molecular weight excluding hydrogens is 456 g/mol. The normalized spacial score (nSPS) is 14.9. The van der Waals surface area contributed by atoms with Gasteiger partial charge in [0.25, 0.3) is 11.8 Å². The van der Waals surface area contributed by atoms with Crippen molar-refractivity contribution in [2.75, 3.05) is 5.01 Å². The molecule has 0 saturated carbocycles. The van der Waals surface area contributed by atoms with E-state index in [0.717, 1.165) is 4.47 Å². The van der Waals surface area contributed by atoms with Gasteiger partial charge in [-0.3, -0.25) is 15.0 Å². The Hall–Kier alpha value is -3.23. The Morgan fingerprint density at radius 3 is 2.41 bits per heavy atom. The number of carbonyl (C=O) groups excluding carboxylic acids is 3. The quantitative estimate of drug-likeness (QED) is 0.269. The summed E-state index contributed by atoms with van der Waals surface area (Å²) in [5.41, 5.74) is 3.78. The second kappa shape index (κ2) is 8.02. The maximum atomic E-state index is 12.6. The highest BCUT2D eigenvalue weighted by Gasteiger charge is 2.34. The molecule has 2 amide bonds.